The van der Waals surface area contributed by atoms with Crippen molar-refractivity contribution in [3.8, 4) is 11.4 Å². The smallest absolute Gasteiger partial charge is 0.233 e. The van der Waals surface area contributed by atoms with Crippen molar-refractivity contribution < 1.29 is 4.79 Å². The fraction of sp³-hybridized carbons (Fsp3) is 0.579. The van der Waals surface area contributed by atoms with Crippen LogP contribution in [0.3, 0.4) is 0 Å². The van der Waals surface area contributed by atoms with Crippen molar-refractivity contribution in [2.75, 3.05) is 12.3 Å². The normalized spacial score (nSPS) is 17.7. The molecule has 0 saturated carbocycles. The van der Waals surface area contributed by atoms with Gasteiger partial charge in [-0.25, -0.2) is 0 Å². The maximum Gasteiger partial charge on any atom is 0.233 e. The molecule has 140 valence electrons. The Balaban J connectivity index is 1.75. The van der Waals surface area contributed by atoms with E-state index < -0.39 is 0 Å². The van der Waals surface area contributed by atoms with Crippen molar-refractivity contribution in [2.45, 2.75) is 57.8 Å². The average Bonchev–Trinajstić information content (AvgIpc) is 3.02. The van der Waals surface area contributed by atoms with Crippen molar-refractivity contribution in [1.82, 2.24) is 24.6 Å². The Labute approximate surface area is 159 Å². The maximum atomic E-state index is 12.6. The monoisotopic (exact) mass is 373 g/mol. The summed E-state index contributed by atoms with van der Waals surface area (Å²) in [5.41, 5.74) is 0.996. The standard InChI is InChI=1S/C19H27N5OS/c1-14(2)12-24-18(16-7-9-20-10-8-16)21-22-19(24)26-13-17(25)23-11-5-4-6-15(23)3/h7-10,14-15H,4-6,11-13H2,1-3H3/t15-/m0/s1. The number of rotatable bonds is 6. The second-order valence-electron chi connectivity index (χ2n) is 7.27. The molecule has 7 heteroatoms. The summed E-state index contributed by atoms with van der Waals surface area (Å²) in [4.78, 5) is 18.7. The maximum absolute atomic E-state index is 12.6. The van der Waals surface area contributed by atoms with Crippen molar-refractivity contribution in [1.29, 1.82) is 0 Å². The van der Waals surface area contributed by atoms with Crippen LogP contribution in [-0.2, 0) is 11.3 Å². The number of piperidine rings is 1. The molecule has 0 N–H and O–H groups in total. The van der Waals surface area contributed by atoms with E-state index in [1.165, 1.54) is 18.2 Å². The first-order chi connectivity index (χ1) is 12.6. The molecule has 6 nitrogen and oxygen atoms in total. The van der Waals surface area contributed by atoms with E-state index >= 15 is 0 Å². The Kier molecular flexibility index (Phi) is 6.29. The van der Waals surface area contributed by atoms with Gasteiger partial charge in [-0.05, 0) is 44.2 Å². The number of carbonyl (C=O) groups excluding carboxylic acids is 1. The van der Waals surface area contributed by atoms with Gasteiger partial charge in [0.15, 0.2) is 11.0 Å². The lowest BCUT2D eigenvalue weighted by molar-refractivity contribution is -0.131. The second-order valence-corrected chi connectivity index (χ2v) is 8.21. The Morgan fingerprint density at radius 2 is 2.04 bits per heavy atom. The summed E-state index contributed by atoms with van der Waals surface area (Å²) in [5, 5.41) is 9.56. The van der Waals surface area contributed by atoms with Gasteiger partial charge in [-0.3, -0.25) is 9.78 Å². The van der Waals surface area contributed by atoms with E-state index in [-0.39, 0.29) is 5.91 Å². The SMILES string of the molecule is CC(C)Cn1c(SCC(=O)N2CCCC[C@@H]2C)nnc1-c1ccncc1. The zero-order valence-corrected chi connectivity index (χ0v) is 16.6. The third-order valence-corrected chi connectivity index (χ3v) is 5.60. The Hall–Kier alpha value is -1.89. The van der Waals surface area contributed by atoms with Gasteiger partial charge in [-0.15, -0.1) is 10.2 Å². The molecule has 0 aromatic carbocycles. The van der Waals surface area contributed by atoms with Crippen LogP contribution in [0.5, 0.6) is 0 Å². The predicted octanol–water partition coefficient (Wildman–Crippen LogP) is 3.49. The van der Waals surface area contributed by atoms with Gasteiger partial charge in [0.1, 0.15) is 0 Å². The first kappa shape index (κ1) is 18.9. The number of thioether (sulfide) groups is 1. The zero-order valence-electron chi connectivity index (χ0n) is 15.8. The molecule has 0 radical (unpaired) electrons. The third kappa shape index (κ3) is 4.44. The fourth-order valence-corrected chi connectivity index (χ4v) is 4.15. The zero-order chi connectivity index (χ0) is 18.5. The Bertz CT molecular complexity index is 731. The van der Waals surface area contributed by atoms with Gasteiger partial charge in [-0.1, -0.05) is 25.6 Å². The Morgan fingerprint density at radius 3 is 2.73 bits per heavy atom. The van der Waals surface area contributed by atoms with E-state index in [2.05, 4.69) is 40.5 Å². The minimum Gasteiger partial charge on any atom is -0.339 e. The molecule has 2 aromatic rings. The summed E-state index contributed by atoms with van der Waals surface area (Å²) < 4.78 is 2.12. The number of nitrogens with zero attached hydrogens (tertiary/aromatic N) is 5. The molecule has 0 bridgehead atoms. The minimum atomic E-state index is 0.201. The van der Waals surface area contributed by atoms with Gasteiger partial charge in [0.2, 0.25) is 5.91 Å². The molecule has 1 atom stereocenters. The number of likely N-dealkylation sites (tertiary alicyclic amines) is 1. The van der Waals surface area contributed by atoms with Crippen molar-refractivity contribution >= 4 is 17.7 Å². The number of carbonyl (C=O) groups is 1. The molecule has 3 rings (SSSR count). The lowest BCUT2D eigenvalue weighted by atomic mass is 10.0. The van der Waals surface area contributed by atoms with E-state index in [9.17, 15) is 4.79 Å². The molecule has 26 heavy (non-hydrogen) atoms. The number of hydrogen-bond donors (Lipinski definition) is 0. The summed E-state index contributed by atoms with van der Waals surface area (Å²) in [6.07, 6.45) is 6.95. The van der Waals surface area contributed by atoms with Gasteiger partial charge < -0.3 is 9.47 Å². The molecule has 1 aliphatic rings. The van der Waals surface area contributed by atoms with E-state index in [0.717, 1.165) is 42.5 Å². The summed E-state index contributed by atoms with van der Waals surface area (Å²) in [6, 6.07) is 4.23. The lowest BCUT2D eigenvalue weighted by Gasteiger charge is -2.33. The van der Waals surface area contributed by atoms with Crippen LogP contribution in [0.25, 0.3) is 11.4 Å². The summed E-state index contributed by atoms with van der Waals surface area (Å²) in [7, 11) is 0. The van der Waals surface area contributed by atoms with Gasteiger partial charge >= 0.3 is 0 Å². The fourth-order valence-electron chi connectivity index (χ4n) is 3.32. The highest BCUT2D eigenvalue weighted by Gasteiger charge is 2.24. The highest BCUT2D eigenvalue weighted by molar-refractivity contribution is 7.99. The molecule has 0 unspecified atom stereocenters. The first-order valence-electron chi connectivity index (χ1n) is 9.32. The lowest BCUT2D eigenvalue weighted by Crippen LogP contribution is -2.43. The second kappa shape index (κ2) is 8.66. The van der Waals surface area contributed by atoms with Crippen molar-refractivity contribution in [3.05, 3.63) is 24.5 Å². The van der Waals surface area contributed by atoms with Crippen molar-refractivity contribution in [3.63, 3.8) is 0 Å². The number of hydrogen-bond acceptors (Lipinski definition) is 5. The predicted molar refractivity (Wildman–Crippen MR) is 104 cm³/mol. The minimum absolute atomic E-state index is 0.201. The van der Waals surface area contributed by atoms with E-state index in [0.29, 0.717) is 17.7 Å². The summed E-state index contributed by atoms with van der Waals surface area (Å²) >= 11 is 1.49. The molecule has 1 aliphatic heterocycles. The quantitative estimate of drug-likeness (QED) is 0.725. The number of aromatic nitrogens is 4. The van der Waals surface area contributed by atoms with Gasteiger partial charge in [0.05, 0.1) is 5.75 Å². The van der Waals surface area contributed by atoms with Crippen LogP contribution >= 0.6 is 11.8 Å². The molecule has 0 spiro atoms. The van der Waals surface area contributed by atoms with Crippen LogP contribution in [0.4, 0.5) is 0 Å². The van der Waals surface area contributed by atoms with Gasteiger partial charge in [0.25, 0.3) is 0 Å². The topological polar surface area (TPSA) is 63.9 Å². The summed E-state index contributed by atoms with van der Waals surface area (Å²) in [6.45, 7) is 8.18. The van der Waals surface area contributed by atoms with Gasteiger partial charge in [-0.2, -0.15) is 0 Å². The van der Waals surface area contributed by atoms with E-state index in [1.54, 1.807) is 12.4 Å². The van der Waals surface area contributed by atoms with E-state index in [1.807, 2.05) is 17.0 Å². The molecule has 2 aromatic heterocycles. The molecule has 3 heterocycles. The number of amides is 1. The highest BCUT2D eigenvalue weighted by atomic mass is 32.2. The highest BCUT2D eigenvalue weighted by Crippen LogP contribution is 2.26. The molecule has 1 amide bonds. The first-order valence-corrected chi connectivity index (χ1v) is 10.3. The molecule has 1 fully saturated rings. The Morgan fingerprint density at radius 1 is 1.27 bits per heavy atom. The van der Waals surface area contributed by atoms with Crippen LogP contribution in [0, 0.1) is 5.92 Å². The van der Waals surface area contributed by atoms with Crippen LogP contribution < -0.4 is 0 Å². The molecule has 1 saturated heterocycles. The van der Waals surface area contributed by atoms with Crippen LogP contribution in [0.1, 0.15) is 40.0 Å². The van der Waals surface area contributed by atoms with Crippen LogP contribution in [0.2, 0.25) is 0 Å². The van der Waals surface area contributed by atoms with Crippen LogP contribution in [0.15, 0.2) is 29.7 Å². The third-order valence-electron chi connectivity index (χ3n) is 4.65. The number of pyridine rings is 1. The molecular weight excluding hydrogens is 346 g/mol. The average molecular weight is 374 g/mol. The molecular formula is C19H27N5OS. The molecule has 0 aliphatic carbocycles. The van der Waals surface area contributed by atoms with Crippen molar-refractivity contribution in [2.24, 2.45) is 5.92 Å². The van der Waals surface area contributed by atoms with Gasteiger partial charge in [0, 0.05) is 37.1 Å². The van der Waals surface area contributed by atoms with E-state index in [4.69, 9.17) is 0 Å². The largest absolute Gasteiger partial charge is 0.339 e. The van der Waals surface area contributed by atoms with Crippen LogP contribution in [-0.4, -0.2) is 48.9 Å². The summed E-state index contributed by atoms with van der Waals surface area (Å²) in [5.74, 6) is 1.91.